The van der Waals surface area contributed by atoms with Crippen molar-refractivity contribution in [2.75, 3.05) is 17.7 Å². The zero-order chi connectivity index (χ0) is 19.2. The van der Waals surface area contributed by atoms with E-state index in [1.54, 1.807) is 18.9 Å². The van der Waals surface area contributed by atoms with Gasteiger partial charge in [-0.15, -0.1) is 10.2 Å². The Kier molecular flexibility index (Phi) is 6.70. The summed E-state index contributed by atoms with van der Waals surface area (Å²) in [7, 11) is 1.67. The van der Waals surface area contributed by atoms with Crippen LogP contribution >= 0.6 is 39.0 Å². The Hall–Kier alpha value is -2.10. The fraction of sp³-hybridized carbons (Fsp3) is 0.167. The summed E-state index contributed by atoms with van der Waals surface area (Å²) in [6, 6.07) is 13.4. The van der Waals surface area contributed by atoms with Gasteiger partial charge in [-0.05, 0) is 36.4 Å². The van der Waals surface area contributed by atoms with Gasteiger partial charge in [-0.25, -0.2) is 0 Å². The lowest BCUT2D eigenvalue weighted by molar-refractivity contribution is -0.114. The Balaban J connectivity index is 1.64. The first kappa shape index (κ1) is 19.7. The average molecular weight is 465 g/mol. The number of hydrogen-bond donors (Lipinski definition) is 2. The first-order chi connectivity index (χ1) is 13.0. The van der Waals surface area contributed by atoms with Crippen LogP contribution in [0.25, 0.3) is 0 Å². The van der Waals surface area contributed by atoms with Crippen molar-refractivity contribution in [1.82, 2.24) is 10.2 Å². The maximum absolute atomic E-state index is 11.2. The first-order valence-corrected chi connectivity index (χ1v) is 10.6. The SMILES string of the molecule is COc1ccc(Br)cc1CSc1nnc(Nc2cccc(NC(C)=O)c2)s1. The Morgan fingerprint density at radius 3 is 2.81 bits per heavy atom. The molecule has 3 rings (SSSR count). The molecule has 0 aliphatic rings. The van der Waals surface area contributed by atoms with Crippen molar-refractivity contribution in [3.8, 4) is 5.75 Å². The van der Waals surface area contributed by atoms with Crippen molar-refractivity contribution < 1.29 is 9.53 Å². The summed E-state index contributed by atoms with van der Waals surface area (Å²) in [6.07, 6.45) is 0. The number of amides is 1. The zero-order valence-electron chi connectivity index (χ0n) is 14.7. The number of nitrogens with zero attached hydrogens (tertiary/aromatic N) is 2. The van der Waals surface area contributed by atoms with Crippen molar-refractivity contribution in [3.63, 3.8) is 0 Å². The van der Waals surface area contributed by atoms with Gasteiger partial charge in [0.05, 0.1) is 7.11 Å². The van der Waals surface area contributed by atoms with E-state index in [0.717, 1.165) is 37.3 Å². The van der Waals surface area contributed by atoms with Crippen LogP contribution in [0.5, 0.6) is 5.75 Å². The molecular weight excluding hydrogens is 448 g/mol. The van der Waals surface area contributed by atoms with Crippen LogP contribution in [0.15, 0.2) is 51.3 Å². The van der Waals surface area contributed by atoms with Gasteiger partial charge in [0.25, 0.3) is 0 Å². The summed E-state index contributed by atoms with van der Waals surface area (Å²) >= 11 is 6.56. The molecule has 1 aromatic heterocycles. The van der Waals surface area contributed by atoms with Crippen LogP contribution in [0.2, 0.25) is 0 Å². The van der Waals surface area contributed by atoms with Crippen LogP contribution < -0.4 is 15.4 Å². The van der Waals surface area contributed by atoms with E-state index >= 15 is 0 Å². The second-order valence-electron chi connectivity index (χ2n) is 5.50. The van der Waals surface area contributed by atoms with Crippen molar-refractivity contribution in [2.45, 2.75) is 17.0 Å². The number of aromatic nitrogens is 2. The highest BCUT2D eigenvalue weighted by molar-refractivity contribution is 9.10. The van der Waals surface area contributed by atoms with E-state index in [-0.39, 0.29) is 5.91 Å². The molecule has 0 bridgehead atoms. The molecule has 0 saturated heterocycles. The molecule has 0 unspecified atom stereocenters. The van der Waals surface area contributed by atoms with Crippen LogP contribution in [-0.4, -0.2) is 23.2 Å². The van der Waals surface area contributed by atoms with Crippen molar-refractivity contribution in [2.24, 2.45) is 0 Å². The van der Waals surface area contributed by atoms with Crippen molar-refractivity contribution in [3.05, 3.63) is 52.5 Å². The van der Waals surface area contributed by atoms with Crippen LogP contribution in [0.4, 0.5) is 16.5 Å². The number of thioether (sulfide) groups is 1. The third-order valence-corrected chi connectivity index (χ3v) is 5.95. The molecule has 0 aliphatic carbocycles. The lowest BCUT2D eigenvalue weighted by Crippen LogP contribution is -2.05. The van der Waals surface area contributed by atoms with E-state index in [1.807, 2.05) is 42.5 Å². The molecule has 140 valence electrons. The molecule has 0 spiro atoms. The van der Waals surface area contributed by atoms with Crippen LogP contribution in [0.3, 0.4) is 0 Å². The van der Waals surface area contributed by atoms with Crippen LogP contribution in [0.1, 0.15) is 12.5 Å². The molecule has 3 aromatic rings. The minimum absolute atomic E-state index is 0.107. The monoisotopic (exact) mass is 464 g/mol. The number of methoxy groups -OCH3 is 1. The van der Waals surface area contributed by atoms with Gasteiger partial charge < -0.3 is 15.4 Å². The van der Waals surface area contributed by atoms with E-state index in [4.69, 9.17) is 4.74 Å². The summed E-state index contributed by atoms with van der Waals surface area (Å²) in [4.78, 5) is 11.2. The summed E-state index contributed by atoms with van der Waals surface area (Å²) in [6.45, 7) is 1.48. The number of benzene rings is 2. The first-order valence-electron chi connectivity index (χ1n) is 7.97. The molecule has 2 aromatic carbocycles. The number of nitrogens with one attached hydrogen (secondary N) is 2. The minimum Gasteiger partial charge on any atom is -0.496 e. The highest BCUT2D eigenvalue weighted by Gasteiger charge is 2.09. The fourth-order valence-electron chi connectivity index (χ4n) is 2.32. The second kappa shape index (κ2) is 9.20. The standard InChI is InChI=1S/C18H17BrN4O2S2/c1-11(24)20-14-4-3-5-15(9-14)21-17-22-23-18(27-17)26-10-12-8-13(19)6-7-16(12)25-2/h3-9H,10H2,1-2H3,(H,20,24)(H,21,22). The molecule has 0 aliphatic heterocycles. The smallest absolute Gasteiger partial charge is 0.221 e. The number of carbonyl (C=O) groups excluding carboxylic acids is 1. The van der Waals surface area contributed by atoms with E-state index in [1.165, 1.54) is 18.3 Å². The molecule has 6 nitrogen and oxygen atoms in total. The molecule has 9 heteroatoms. The number of carbonyl (C=O) groups is 1. The summed E-state index contributed by atoms with van der Waals surface area (Å²) < 4.78 is 7.27. The molecule has 0 saturated carbocycles. The third kappa shape index (κ3) is 5.69. The Bertz CT molecular complexity index is 949. The fourth-order valence-corrected chi connectivity index (χ4v) is 4.48. The highest BCUT2D eigenvalue weighted by Crippen LogP contribution is 2.33. The number of hydrogen-bond acceptors (Lipinski definition) is 7. The van der Waals surface area contributed by atoms with Gasteiger partial charge in [-0.3, -0.25) is 4.79 Å². The number of anilines is 3. The van der Waals surface area contributed by atoms with Gasteiger partial charge in [0.2, 0.25) is 11.0 Å². The van der Waals surface area contributed by atoms with Gasteiger partial charge in [-0.2, -0.15) is 0 Å². The molecular formula is C18H17BrN4O2S2. The van der Waals surface area contributed by atoms with Crippen molar-refractivity contribution in [1.29, 1.82) is 0 Å². The van der Waals surface area contributed by atoms with Gasteiger partial charge in [0.1, 0.15) is 5.75 Å². The maximum Gasteiger partial charge on any atom is 0.221 e. The topological polar surface area (TPSA) is 76.1 Å². The Labute approximate surface area is 173 Å². The second-order valence-corrected chi connectivity index (χ2v) is 8.62. The van der Waals surface area contributed by atoms with E-state index in [0.29, 0.717) is 5.13 Å². The highest BCUT2D eigenvalue weighted by atomic mass is 79.9. The normalized spacial score (nSPS) is 10.5. The van der Waals surface area contributed by atoms with Gasteiger partial charge in [0, 0.05) is 34.1 Å². The zero-order valence-corrected chi connectivity index (χ0v) is 17.9. The lowest BCUT2D eigenvalue weighted by atomic mass is 10.2. The molecule has 0 atom stereocenters. The lowest BCUT2D eigenvalue weighted by Gasteiger charge is -2.07. The van der Waals surface area contributed by atoms with E-state index < -0.39 is 0 Å². The van der Waals surface area contributed by atoms with Gasteiger partial charge in [-0.1, -0.05) is 45.1 Å². The van der Waals surface area contributed by atoms with Gasteiger partial charge in [0.15, 0.2) is 4.34 Å². The molecule has 2 N–H and O–H groups in total. The predicted octanol–water partition coefficient (Wildman–Crippen LogP) is 5.30. The number of ether oxygens (including phenoxy) is 1. The number of halogens is 1. The summed E-state index contributed by atoms with van der Waals surface area (Å²) in [5, 5.41) is 15.1. The minimum atomic E-state index is -0.107. The molecule has 27 heavy (non-hydrogen) atoms. The molecule has 0 fully saturated rings. The molecule has 0 radical (unpaired) electrons. The van der Waals surface area contributed by atoms with Crippen molar-refractivity contribution >= 4 is 61.4 Å². The Morgan fingerprint density at radius 2 is 2.04 bits per heavy atom. The van der Waals surface area contributed by atoms with E-state index in [2.05, 4.69) is 36.8 Å². The quantitative estimate of drug-likeness (QED) is 0.461. The van der Waals surface area contributed by atoms with E-state index in [9.17, 15) is 4.79 Å². The maximum atomic E-state index is 11.2. The Morgan fingerprint density at radius 1 is 1.22 bits per heavy atom. The summed E-state index contributed by atoms with van der Waals surface area (Å²) in [5.41, 5.74) is 2.65. The predicted molar refractivity (Wildman–Crippen MR) is 114 cm³/mol. The number of rotatable bonds is 7. The van der Waals surface area contributed by atoms with Crippen LogP contribution in [-0.2, 0) is 10.5 Å². The third-order valence-electron chi connectivity index (χ3n) is 3.43. The van der Waals surface area contributed by atoms with Gasteiger partial charge >= 0.3 is 0 Å². The largest absolute Gasteiger partial charge is 0.496 e. The van der Waals surface area contributed by atoms with Crippen LogP contribution in [0, 0.1) is 0 Å². The molecule has 1 amide bonds. The average Bonchev–Trinajstić information content (AvgIpc) is 3.07. The summed E-state index contributed by atoms with van der Waals surface area (Å²) in [5.74, 6) is 1.48. The molecule has 1 heterocycles.